The standard InChI is InChI=1S/C30H27F2N5O4/c31-22-3-5-24(34-26(22)17-41-28-6-1-18(13-33)11-23(28)32)20-7-9-36(14-20)16-29-35-25-4-2-19(30(38)39)12-27(25)37(29)15-21-8-10-40-21/h1-6,11-12,20-21H,7-10,14-17H2,(H,38,39)/t20-,21+/m1/s1. The Morgan fingerprint density at radius 3 is 2.71 bits per heavy atom. The lowest BCUT2D eigenvalue weighted by atomic mass is 10.0. The van der Waals surface area contributed by atoms with Gasteiger partial charge in [0.2, 0.25) is 0 Å². The molecule has 6 rings (SSSR count). The van der Waals surface area contributed by atoms with Crippen LogP contribution < -0.4 is 4.74 Å². The number of aromatic carboxylic acids is 1. The van der Waals surface area contributed by atoms with Crippen LogP contribution in [0.5, 0.6) is 5.75 Å². The normalized spacial score (nSPS) is 18.8. The Morgan fingerprint density at radius 1 is 1.12 bits per heavy atom. The molecule has 0 bridgehead atoms. The minimum atomic E-state index is -0.984. The fourth-order valence-electron chi connectivity index (χ4n) is 5.34. The molecule has 0 aliphatic carbocycles. The molecule has 0 radical (unpaired) electrons. The van der Waals surface area contributed by atoms with Gasteiger partial charge in [-0.05, 0) is 67.9 Å². The molecule has 41 heavy (non-hydrogen) atoms. The van der Waals surface area contributed by atoms with Gasteiger partial charge in [-0.3, -0.25) is 9.88 Å². The third-order valence-electron chi connectivity index (χ3n) is 7.68. The first kappa shape index (κ1) is 26.8. The number of likely N-dealkylation sites (tertiary alicyclic amines) is 1. The lowest BCUT2D eigenvalue weighted by Crippen LogP contribution is -2.32. The number of pyridine rings is 1. The van der Waals surface area contributed by atoms with Crippen molar-refractivity contribution in [1.29, 1.82) is 5.26 Å². The molecule has 1 N–H and O–H groups in total. The zero-order chi connectivity index (χ0) is 28.5. The first-order chi connectivity index (χ1) is 19.9. The summed E-state index contributed by atoms with van der Waals surface area (Å²) in [5.41, 5.74) is 2.71. The highest BCUT2D eigenvalue weighted by molar-refractivity contribution is 5.92. The van der Waals surface area contributed by atoms with Crippen molar-refractivity contribution < 1.29 is 28.2 Å². The molecule has 2 aromatic carbocycles. The van der Waals surface area contributed by atoms with Gasteiger partial charge in [0.05, 0.1) is 47.4 Å². The number of halogens is 2. The number of fused-ring (bicyclic) bond motifs is 1. The van der Waals surface area contributed by atoms with E-state index in [1.54, 1.807) is 24.3 Å². The molecule has 0 saturated carbocycles. The number of carboxylic acid groups (broad SMARTS) is 1. The number of aromatic nitrogens is 3. The van der Waals surface area contributed by atoms with E-state index in [0.29, 0.717) is 19.6 Å². The minimum Gasteiger partial charge on any atom is -0.484 e. The van der Waals surface area contributed by atoms with Gasteiger partial charge >= 0.3 is 5.97 Å². The maximum absolute atomic E-state index is 14.6. The average molecular weight is 560 g/mol. The maximum atomic E-state index is 14.6. The molecular formula is C30H27F2N5O4. The number of hydrogen-bond acceptors (Lipinski definition) is 7. The molecular weight excluding hydrogens is 532 g/mol. The van der Waals surface area contributed by atoms with E-state index < -0.39 is 17.6 Å². The second kappa shape index (κ2) is 11.2. The van der Waals surface area contributed by atoms with Crippen LogP contribution in [-0.4, -0.2) is 56.3 Å². The summed E-state index contributed by atoms with van der Waals surface area (Å²) in [4.78, 5) is 23.2. The van der Waals surface area contributed by atoms with Gasteiger partial charge in [0.25, 0.3) is 0 Å². The Labute approximate surface area is 234 Å². The predicted molar refractivity (Wildman–Crippen MR) is 143 cm³/mol. The van der Waals surface area contributed by atoms with E-state index in [0.717, 1.165) is 54.6 Å². The number of nitriles is 1. The van der Waals surface area contributed by atoms with Crippen molar-refractivity contribution in [3.8, 4) is 11.8 Å². The van der Waals surface area contributed by atoms with Gasteiger partial charge in [0.1, 0.15) is 23.9 Å². The van der Waals surface area contributed by atoms with Crippen LogP contribution in [0.4, 0.5) is 8.78 Å². The fourth-order valence-corrected chi connectivity index (χ4v) is 5.34. The molecule has 2 fully saturated rings. The molecule has 2 atom stereocenters. The smallest absolute Gasteiger partial charge is 0.335 e. The van der Waals surface area contributed by atoms with Crippen molar-refractivity contribution in [2.75, 3.05) is 19.7 Å². The highest BCUT2D eigenvalue weighted by Crippen LogP contribution is 2.30. The van der Waals surface area contributed by atoms with Crippen LogP contribution in [0.3, 0.4) is 0 Å². The van der Waals surface area contributed by atoms with E-state index in [4.69, 9.17) is 19.7 Å². The summed E-state index contributed by atoms with van der Waals surface area (Å²) in [6, 6.07) is 13.7. The van der Waals surface area contributed by atoms with Gasteiger partial charge in [-0.25, -0.2) is 18.6 Å². The van der Waals surface area contributed by atoms with Gasteiger partial charge in [0, 0.05) is 24.8 Å². The van der Waals surface area contributed by atoms with E-state index in [1.807, 2.05) is 6.07 Å². The topological polar surface area (TPSA) is 114 Å². The molecule has 0 amide bonds. The molecule has 9 nitrogen and oxygen atoms in total. The summed E-state index contributed by atoms with van der Waals surface area (Å²) < 4.78 is 41.9. The molecule has 4 aromatic rings. The Hall–Kier alpha value is -4.40. The van der Waals surface area contributed by atoms with Gasteiger partial charge in [-0.1, -0.05) is 0 Å². The highest BCUT2D eigenvalue weighted by Gasteiger charge is 2.28. The number of nitrogens with zero attached hydrogens (tertiary/aromatic N) is 5. The van der Waals surface area contributed by atoms with Gasteiger partial charge in [-0.2, -0.15) is 5.26 Å². The number of ether oxygens (including phenoxy) is 2. The Morgan fingerprint density at radius 2 is 1.98 bits per heavy atom. The van der Waals surface area contributed by atoms with E-state index >= 15 is 0 Å². The summed E-state index contributed by atoms with van der Waals surface area (Å²) >= 11 is 0. The van der Waals surface area contributed by atoms with E-state index in [9.17, 15) is 18.7 Å². The van der Waals surface area contributed by atoms with Crippen molar-refractivity contribution in [2.24, 2.45) is 0 Å². The highest BCUT2D eigenvalue weighted by atomic mass is 19.1. The number of carbonyl (C=O) groups is 1. The predicted octanol–water partition coefficient (Wildman–Crippen LogP) is 4.64. The zero-order valence-electron chi connectivity index (χ0n) is 22.1. The average Bonchev–Trinajstić information content (AvgIpc) is 3.54. The van der Waals surface area contributed by atoms with E-state index in [1.165, 1.54) is 18.2 Å². The van der Waals surface area contributed by atoms with Crippen molar-refractivity contribution in [3.05, 3.63) is 88.5 Å². The van der Waals surface area contributed by atoms with Gasteiger partial charge in [-0.15, -0.1) is 0 Å². The van der Waals surface area contributed by atoms with Crippen LogP contribution >= 0.6 is 0 Å². The molecule has 0 unspecified atom stereocenters. The first-order valence-electron chi connectivity index (χ1n) is 13.4. The second-order valence-corrected chi connectivity index (χ2v) is 10.4. The molecule has 2 aliphatic heterocycles. The molecule has 2 aliphatic rings. The van der Waals surface area contributed by atoms with Crippen molar-refractivity contribution in [3.63, 3.8) is 0 Å². The van der Waals surface area contributed by atoms with Gasteiger partial charge in [0.15, 0.2) is 11.6 Å². The number of imidazole rings is 1. The van der Waals surface area contributed by atoms with Crippen molar-refractivity contribution in [2.45, 2.75) is 44.6 Å². The lowest BCUT2D eigenvalue weighted by Gasteiger charge is -2.28. The zero-order valence-corrected chi connectivity index (χ0v) is 22.1. The maximum Gasteiger partial charge on any atom is 0.335 e. The largest absolute Gasteiger partial charge is 0.484 e. The number of rotatable bonds is 9. The third kappa shape index (κ3) is 5.62. The summed E-state index contributed by atoms with van der Waals surface area (Å²) in [5.74, 6) is -1.39. The SMILES string of the molecule is N#Cc1ccc(OCc2nc([C@@H]3CCN(Cc4nc5ccc(C(=O)O)cc5n4C[C@@H]4CCO4)C3)ccc2F)c(F)c1. The van der Waals surface area contributed by atoms with Crippen molar-refractivity contribution in [1.82, 2.24) is 19.4 Å². The quantitative estimate of drug-likeness (QED) is 0.316. The molecule has 210 valence electrons. The number of hydrogen-bond donors (Lipinski definition) is 1. The second-order valence-electron chi connectivity index (χ2n) is 10.4. The Kier molecular flexibility index (Phi) is 7.34. The fraction of sp³-hybridized carbons (Fsp3) is 0.333. The monoisotopic (exact) mass is 559 g/mol. The first-order valence-corrected chi connectivity index (χ1v) is 13.4. The van der Waals surface area contributed by atoms with Gasteiger partial charge < -0.3 is 19.1 Å². The molecule has 2 aromatic heterocycles. The number of benzene rings is 2. The van der Waals surface area contributed by atoms with Crippen LogP contribution in [-0.2, 0) is 24.4 Å². The third-order valence-corrected chi connectivity index (χ3v) is 7.68. The molecule has 11 heteroatoms. The van der Waals surface area contributed by atoms with Crippen LogP contribution in [0.15, 0.2) is 48.5 Å². The molecule has 2 saturated heterocycles. The molecule has 4 heterocycles. The minimum absolute atomic E-state index is 0.0624. The summed E-state index contributed by atoms with van der Waals surface area (Å²) in [6.07, 6.45) is 1.84. The van der Waals surface area contributed by atoms with Crippen LogP contribution in [0.1, 0.15) is 51.9 Å². The lowest BCUT2D eigenvalue weighted by molar-refractivity contribution is -0.0591. The summed E-state index contributed by atoms with van der Waals surface area (Å²) in [5, 5.41) is 18.4. The van der Waals surface area contributed by atoms with Crippen LogP contribution in [0.2, 0.25) is 0 Å². The number of carboxylic acids is 1. The Balaban J connectivity index is 1.16. The van der Waals surface area contributed by atoms with Crippen molar-refractivity contribution >= 4 is 17.0 Å². The summed E-state index contributed by atoms with van der Waals surface area (Å²) in [7, 11) is 0. The summed E-state index contributed by atoms with van der Waals surface area (Å²) in [6.45, 7) is 3.12. The van der Waals surface area contributed by atoms with Crippen LogP contribution in [0.25, 0.3) is 11.0 Å². The van der Waals surface area contributed by atoms with E-state index in [2.05, 4.69) is 14.5 Å². The van der Waals surface area contributed by atoms with E-state index in [-0.39, 0.29) is 41.2 Å². The Bertz CT molecular complexity index is 1660. The van der Waals surface area contributed by atoms with Crippen LogP contribution in [0, 0.1) is 23.0 Å². The molecule has 0 spiro atoms.